The summed E-state index contributed by atoms with van der Waals surface area (Å²) in [5.74, 6) is 0.611. The average Bonchev–Trinajstić information content (AvgIpc) is 3.07. The van der Waals surface area contributed by atoms with Gasteiger partial charge in [0.05, 0.1) is 26.2 Å². The molecule has 0 fully saturated rings. The summed E-state index contributed by atoms with van der Waals surface area (Å²) in [5, 5.41) is 4.79. The fraction of sp³-hybridized carbons (Fsp3) is 0.286. The van der Waals surface area contributed by atoms with E-state index in [1.807, 2.05) is 42.5 Å². The minimum Gasteiger partial charge on any atom is -0.300 e. The van der Waals surface area contributed by atoms with E-state index in [0.717, 1.165) is 31.8 Å². The minimum atomic E-state index is -3.15. The van der Waals surface area contributed by atoms with Crippen LogP contribution in [0.2, 0.25) is 0 Å². The number of sulfone groups is 1. The summed E-state index contributed by atoms with van der Waals surface area (Å²) in [6.07, 6.45) is 2.22. The zero-order valence-electron chi connectivity index (χ0n) is 16.5. The first kappa shape index (κ1) is 19.7. The first-order valence-electron chi connectivity index (χ1n) is 9.32. The van der Waals surface area contributed by atoms with E-state index in [-0.39, 0.29) is 5.75 Å². The maximum atomic E-state index is 12.3. The minimum absolute atomic E-state index is 0.125. The number of anilines is 2. The van der Waals surface area contributed by atoms with Gasteiger partial charge in [0.2, 0.25) is 5.95 Å². The van der Waals surface area contributed by atoms with E-state index in [2.05, 4.69) is 20.3 Å². The summed E-state index contributed by atoms with van der Waals surface area (Å²) < 4.78 is 25.0. The van der Waals surface area contributed by atoms with Crippen LogP contribution in [0.25, 0.3) is 21.1 Å². The van der Waals surface area contributed by atoms with E-state index in [4.69, 9.17) is 0 Å². The van der Waals surface area contributed by atoms with Crippen molar-refractivity contribution in [2.24, 2.45) is 0 Å². The molecule has 29 heavy (non-hydrogen) atoms. The SMILES string of the molecule is CC(C)(C)S(=O)(=O)CCc1ccc2nc(Nc3nc4ccccc4s3)ncc2c1. The first-order valence-corrected chi connectivity index (χ1v) is 11.8. The van der Waals surface area contributed by atoms with Crippen molar-refractivity contribution < 1.29 is 8.42 Å². The standard InChI is InChI=1S/C21H22N4O2S2/c1-21(2,3)29(26,27)11-10-14-8-9-16-15(12-14)13-22-19(23-16)25-20-24-17-6-4-5-7-18(17)28-20/h4-9,12-13H,10-11H2,1-3H3,(H,22,23,24,25). The van der Waals surface area contributed by atoms with Crippen molar-refractivity contribution in [2.45, 2.75) is 31.9 Å². The number of aryl methyl sites for hydroxylation is 1. The molecule has 0 saturated heterocycles. The van der Waals surface area contributed by atoms with E-state index in [1.165, 1.54) is 0 Å². The van der Waals surface area contributed by atoms with E-state index >= 15 is 0 Å². The summed E-state index contributed by atoms with van der Waals surface area (Å²) in [6.45, 7) is 5.20. The van der Waals surface area contributed by atoms with Crippen LogP contribution in [0, 0.1) is 0 Å². The van der Waals surface area contributed by atoms with Gasteiger partial charge in [-0.05, 0) is 57.0 Å². The normalized spacial score (nSPS) is 12.5. The maximum Gasteiger partial charge on any atom is 0.229 e. The number of para-hydroxylation sites is 1. The van der Waals surface area contributed by atoms with Gasteiger partial charge in [0.1, 0.15) is 0 Å². The van der Waals surface area contributed by atoms with Gasteiger partial charge in [0, 0.05) is 11.6 Å². The third-order valence-corrected chi connectivity index (χ3v) is 8.31. The molecule has 2 heterocycles. The quantitative estimate of drug-likeness (QED) is 0.496. The third-order valence-electron chi connectivity index (χ3n) is 4.75. The summed E-state index contributed by atoms with van der Waals surface area (Å²) >= 11 is 1.55. The number of thiazole rings is 1. The van der Waals surface area contributed by atoms with Gasteiger partial charge in [-0.1, -0.05) is 29.5 Å². The lowest BCUT2D eigenvalue weighted by Gasteiger charge is -2.19. The zero-order valence-corrected chi connectivity index (χ0v) is 18.1. The van der Waals surface area contributed by atoms with Gasteiger partial charge in [0.15, 0.2) is 15.0 Å². The topological polar surface area (TPSA) is 84.8 Å². The van der Waals surface area contributed by atoms with Crippen LogP contribution in [0.15, 0.2) is 48.7 Å². The summed E-state index contributed by atoms with van der Waals surface area (Å²) in [7, 11) is -3.15. The lowest BCUT2D eigenvalue weighted by molar-refractivity contribution is 0.559. The lowest BCUT2D eigenvalue weighted by Crippen LogP contribution is -2.31. The maximum absolute atomic E-state index is 12.3. The van der Waals surface area contributed by atoms with E-state index in [1.54, 1.807) is 38.3 Å². The molecule has 0 saturated carbocycles. The molecule has 0 atom stereocenters. The number of hydrogen-bond acceptors (Lipinski definition) is 7. The first-order chi connectivity index (χ1) is 13.7. The molecule has 0 aliphatic rings. The zero-order chi connectivity index (χ0) is 20.6. The molecule has 0 bridgehead atoms. The smallest absolute Gasteiger partial charge is 0.229 e. The molecule has 8 heteroatoms. The molecule has 0 spiro atoms. The summed E-state index contributed by atoms with van der Waals surface area (Å²) in [4.78, 5) is 13.5. The van der Waals surface area contributed by atoms with Gasteiger partial charge in [-0.2, -0.15) is 0 Å². The Labute approximate surface area is 174 Å². The Morgan fingerprint density at radius 2 is 1.83 bits per heavy atom. The largest absolute Gasteiger partial charge is 0.300 e. The van der Waals surface area contributed by atoms with Crippen molar-refractivity contribution in [1.29, 1.82) is 0 Å². The van der Waals surface area contributed by atoms with Crippen molar-refractivity contribution >= 4 is 53.4 Å². The molecule has 4 rings (SSSR count). The van der Waals surface area contributed by atoms with Crippen LogP contribution in [-0.2, 0) is 16.3 Å². The Hall–Kier alpha value is -2.58. The fourth-order valence-electron chi connectivity index (χ4n) is 2.88. The average molecular weight is 427 g/mol. The van der Waals surface area contributed by atoms with Crippen LogP contribution in [0.3, 0.4) is 0 Å². The highest BCUT2D eigenvalue weighted by molar-refractivity contribution is 7.92. The van der Waals surface area contributed by atoms with Crippen LogP contribution >= 0.6 is 11.3 Å². The molecule has 150 valence electrons. The van der Waals surface area contributed by atoms with Crippen LogP contribution in [0.5, 0.6) is 0 Å². The molecule has 0 amide bonds. The predicted octanol–water partition coefficient (Wildman–Crippen LogP) is 4.74. The molecular weight excluding hydrogens is 404 g/mol. The second kappa shape index (κ2) is 7.35. The number of nitrogens with one attached hydrogen (secondary N) is 1. The second-order valence-electron chi connectivity index (χ2n) is 7.88. The van der Waals surface area contributed by atoms with Crippen molar-refractivity contribution in [3.05, 3.63) is 54.2 Å². The second-order valence-corrected chi connectivity index (χ2v) is 11.8. The van der Waals surface area contributed by atoms with Crippen LogP contribution in [-0.4, -0.2) is 33.9 Å². The Bertz CT molecular complexity index is 1260. The highest BCUT2D eigenvalue weighted by atomic mass is 32.2. The number of aromatic nitrogens is 3. The van der Waals surface area contributed by atoms with Crippen LogP contribution in [0.4, 0.5) is 11.1 Å². The Kier molecular flexibility index (Phi) is 5.00. The van der Waals surface area contributed by atoms with Crippen molar-refractivity contribution in [3.8, 4) is 0 Å². The highest BCUT2D eigenvalue weighted by Crippen LogP contribution is 2.27. The molecule has 0 aliphatic heterocycles. The number of fused-ring (bicyclic) bond motifs is 2. The molecular formula is C21H22N4O2S2. The highest BCUT2D eigenvalue weighted by Gasteiger charge is 2.28. The molecule has 2 aromatic heterocycles. The molecule has 0 radical (unpaired) electrons. The van der Waals surface area contributed by atoms with Gasteiger partial charge in [0.25, 0.3) is 0 Å². The number of benzene rings is 2. The Morgan fingerprint density at radius 1 is 1.03 bits per heavy atom. The molecule has 6 nitrogen and oxygen atoms in total. The monoisotopic (exact) mass is 426 g/mol. The van der Waals surface area contributed by atoms with E-state index in [9.17, 15) is 8.42 Å². The number of rotatable bonds is 5. The van der Waals surface area contributed by atoms with Gasteiger partial charge < -0.3 is 0 Å². The molecule has 0 unspecified atom stereocenters. The van der Waals surface area contributed by atoms with Crippen LogP contribution in [0.1, 0.15) is 26.3 Å². The van der Waals surface area contributed by atoms with Gasteiger partial charge in [-0.15, -0.1) is 0 Å². The lowest BCUT2D eigenvalue weighted by atomic mass is 10.1. The van der Waals surface area contributed by atoms with Gasteiger partial charge in [-0.3, -0.25) is 5.32 Å². The molecule has 2 aromatic carbocycles. The predicted molar refractivity (Wildman–Crippen MR) is 120 cm³/mol. The van der Waals surface area contributed by atoms with E-state index < -0.39 is 14.6 Å². The molecule has 1 N–H and O–H groups in total. The summed E-state index contributed by atoms with van der Waals surface area (Å²) in [5.41, 5.74) is 2.70. The van der Waals surface area contributed by atoms with Gasteiger partial charge >= 0.3 is 0 Å². The van der Waals surface area contributed by atoms with E-state index in [0.29, 0.717) is 12.4 Å². The van der Waals surface area contributed by atoms with Crippen molar-refractivity contribution in [2.75, 3.05) is 11.1 Å². The molecule has 4 aromatic rings. The summed E-state index contributed by atoms with van der Waals surface area (Å²) in [6, 6.07) is 13.7. The van der Waals surface area contributed by atoms with Gasteiger partial charge in [-0.25, -0.2) is 23.4 Å². The Morgan fingerprint density at radius 3 is 2.59 bits per heavy atom. The van der Waals surface area contributed by atoms with Crippen molar-refractivity contribution in [1.82, 2.24) is 15.0 Å². The molecule has 0 aliphatic carbocycles. The third kappa shape index (κ3) is 4.23. The number of hydrogen-bond donors (Lipinski definition) is 1. The Balaban J connectivity index is 1.52. The van der Waals surface area contributed by atoms with Crippen LogP contribution < -0.4 is 5.32 Å². The number of nitrogens with zero attached hydrogens (tertiary/aromatic N) is 3. The fourth-order valence-corrected chi connectivity index (χ4v) is 4.85. The van der Waals surface area contributed by atoms with Crippen molar-refractivity contribution in [3.63, 3.8) is 0 Å².